The highest BCUT2D eigenvalue weighted by Crippen LogP contribution is 2.24. The largest absolute Gasteiger partial charge is 0.481 e. The molecular formula is C11H21N3O5S. The van der Waals surface area contributed by atoms with Crippen LogP contribution in [0, 0.1) is 5.92 Å². The number of hydrogen-bond acceptors (Lipinski definition) is 4. The van der Waals surface area contributed by atoms with Gasteiger partial charge in [-0.05, 0) is 19.9 Å². The minimum Gasteiger partial charge on any atom is -0.481 e. The lowest BCUT2D eigenvalue weighted by Gasteiger charge is -2.29. The van der Waals surface area contributed by atoms with Gasteiger partial charge in [0.15, 0.2) is 0 Å². The quantitative estimate of drug-likeness (QED) is 0.525. The summed E-state index contributed by atoms with van der Waals surface area (Å²) in [5, 5.41) is 14.1. The summed E-state index contributed by atoms with van der Waals surface area (Å²) in [7, 11) is -2.06. The van der Waals surface area contributed by atoms with Crippen molar-refractivity contribution in [3.63, 3.8) is 0 Å². The van der Waals surface area contributed by atoms with Gasteiger partial charge in [0.05, 0.1) is 11.7 Å². The Kier molecular flexibility index (Phi) is 6.21. The van der Waals surface area contributed by atoms with Crippen LogP contribution in [0.2, 0.25) is 0 Å². The van der Waals surface area contributed by atoms with Crippen molar-refractivity contribution in [3.8, 4) is 0 Å². The van der Waals surface area contributed by atoms with Crippen LogP contribution < -0.4 is 15.4 Å². The first kappa shape index (κ1) is 16.7. The van der Waals surface area contributed by atoms with Gasteiger partial charge in [0.1, 0.15) is 0 Å². The SMILES string of the molecule is CNS(=O)(=O)CCNC(=O)NC1CCCCC1C(=O)O. The number of urea groups is 1. The standard InChI is InChI=1S/C11H21N3O5S/c1-12-20(18,19)7-6-13-11(17)14-9-5-3-2-4-8(9)10(15)16/h8-9,12H,2-7H2,1H3,(H,15,16)(H2,13,14,17). The molecule has 2 amide bonds. The fraction of sp³-hybridized carbons (Fsp3) is 0.818. The highest BCUT2D eigenvalue weighted by Gasteiger charge is 2.31. The Hall–Kier alpha value is -1.35. The van der Waals surface area contributed by atoms with Crippen LogP contribution in [0.3, 0.4) is 0 Å². The predicted molar refractivity (Wildman–Crippen MR) is 72.8 cm³/mol. The number of carbonyl (C=O) groups excluding carboxylic acids is 1. The Balaban J connectivity index is 2.39. The number of aliphatic carboxylic acids is 1. The zero-order chi connectivity index (χ0) is 15.2. The zero-order valence-electron chi connectivity index (χ0n) is 11.4. The maximum absolute atomic E-state index is 11.6. The Morgan fingerprint density at radius 2 is 1.90 bits per heavy atom. The maximum Gasteiger partial charge on any atom is 0.315 e. The van der Waals surface area contributed by atoms with Crippen molar-refractivity contribution in [2.24, 2.45) is 5.92 Å². The number of hydrogen-bond donors (Lipinski definition) is 4. The van der Waals surface area contributed by atoms with E-state index in [1.165, 1.54) is 7.05 Å². The monoisotopic (exact) mass is 307 g/mol. The van der Waals surface area contributed by atoms with Gasteiger partial charge in [-0.25, -0.2) is 17.9 Å². The smallest absolute Gasteiger partial charge is 0.315 e. The second-order valence-corrected chi connectivity index (χ2v) is 6.80. The van der Waals surface area contributed by atoms with Crippen LogP contribution in [0.1, 0.15) is 25.7 Å². The molecule has 0 spiro atoms. The van der Waals surface area contributed by atoms with E-state index in [9.17, 15) is 18.0 Å². The fourth-order valence-corrected chi connectivity index (χ4v) is 2.79. The van der Waals surface area contributed by atoms with Crippen molar-refractivity contribution in [1.82, 2.24) is 15.4 Å². The molecule has 1 aliphatic carbocycles. The first-order valence-electron chi connectivity index (χ1n) is 6.54. The van der Waals surface area contributed by atoms with Crippen molar-refractivity contribution >= 4 is 22.0 Å². The number of carboxylic acid groups (broad SMARTS) is 1. The lowest BCUT2D eigenvalue weighted by atomic mass is 9.84. The van der Waals surface area contributed by atoms with E-state index in [0.29, 0.717) is 12.8 Å². The van der Waals surface area contributed by atoms with Crippen molar-refractivity contribution in [2.45, 2.75) is 31.7 Å². The molecule has 9 heteroatoms. The maximum atomic E-state index is 11.6. The fourth-order valence-electron chi connectivity index (χ4n) is 2.22. The minimum absolute atomic E-state index is 0.0283. The van der Waals surface area contributed by atoms with Crippen LogP contribution >= 0.6 is 0 Å². The van der Waals surface area contributed by atoms with E-state index >= 15 is 0 Å². The van der Waals surface area contributed by atoms with E-state index in [1.807, 2.05) is 0 Å². The molecule has 0 radical (unpaired) electrons. The van der Waals surface area contributed by atoms with Gasteiger partial charge < -0.3 is 15.7 Å². The molecule has 0 bridgehead atoms. The number of sulfonamides is 1. The van der Waals surface area contributed by atoms with Gasteiger partial charge in [0.25, 0.3) is 0 Å². The summed E-state index contributed by atoms with van der Waals surface area (Å²) in [6.07, 6.45) is 2.90. The van der Waals surface area contributed by atoms with Gasteiger partial charge in [-0.1, -0.05) is 12.8 Å². The summed E-state index contributed by atoms with van der Waals surface area (Å²) in [6.45, 7) is -0.0283. The summed E-state index contributed by atoms with van der Waals surface area (Å²) in [5.41, 5.74) is 0. The van der Waals surface area contributed by atoms with Crippen LogP contribution in [0.25, 0.3) is 0 Å². The molecule has 20 heavy (non-hydrogen) atoms. The Labute approximate surface area is 118 Å². The predicted octanol–water partition coefficient (Wildman–Crippen LogP) is -0.522. The summed E-state index contributed by atoms with van der Waals surface area (Å²) >= 11 is 0. The molecule has 0 saturated heterocycles. The zero-order valence-corrected chi connectivity index (χ0v) is 12.2. The number of rotatable bonds is 6. The average Bonchev–Trinajstić information content (AvgIpc) is 2.39. The Morgan fingerprint density at radius 1 is 1.25 bits per heavy atom. The van der Waals surface area contributed by atoms with E-state index in [1.54, 1.807) is 0 Å². The van der Waals surface area contributed by atoms with Crippen LogP contribution in [-0.2, 0) is 14.8 Å². The molecule has 0 aliphatic heterocycles. The molecule has 0 aromatic carbocycles. The third kappa shape index (κ3) is 5.33. The van der Waals surface area contributed by atoms with E-state index < -0.39 is 34.0 Å². The number of carbonyl (C=O) groups is 2. The van der Waals surface area contributed by atoms with E-state index in [4.69, 9.17) is 5.11 Å². The van der Waals surface area contributed by atoms with Gasteiger partial charge in [0.2, 0.25) is 10.0 Å². The van der Waals surface area contributed by atoms with Gasteiger partial charge in [0, 0.05) is 12.6 Å². The topological polar surface area (TPSA) is 125 Å². The molecular weight excluding hydrogens is 286 g/mol. The van der Waals surface area contributed by atoms with Crippen molar-refractivity contribution < 1.29 is 23.1 Å². The third-order valence-corrected chi connectivity index (χ3v) is 4.73. The summed E-state index contributed by atoms with van der Waals surface area (Å²) in [4.78, 5) is 22.7. The highest BCUT2D eigenvalue weighted by atomic mass is 32.2. The lowest BCUT2D eigenvalue weighted by molar-refractivity contribution is -0.143. The molecule has 0 heterocycles. The molecule has 2 unspecified atom stereocenters. The summed E-state index contributed by atoms with van der Waals surface area (Å²) < 4.78 is 24.4. The molecule has 0 aromatic rings. The second-order valence-electron chi connectivity index (χ2n) is 4.76. The normalized spacial score (nSPS) is 23.1. The Bertz CT molecular complexity index is 451. The lowest BCUT2D eigenvalue weighted by Crippen LogP contribution is -2.49. The van der Waals surface area contributed by atoms with E-state index in [-0.39, 0.29) is 12.3 Å². The molecule has 1 fully saturated rings. The minimum atomic E-state index is -3.36. The molecule has 4 N–H and O–H groups in total. The van der Waals surface area contributed by atoms with Crippen LogP contribution in [0.15, 0.2) is 0 Å². The molecule has 2 atom stereocenters. The van der Waals surface area contributed by atoms with Crippen molar-refractivity contribution in [2.75, 3.05) is 19.3 Å². The molecule has 1 saturated carbocycles. The van der Waals surface area contributed by atoms with Crippen LogP contribution in [-0.4, -0.2) is 50.9 Å². The first-order valence-corrected chi connectivity index (χ1v) is 8.19. The molecule has 0 aromatic heterocycles. The van der Waals surface area contributed by atoms with E-state index in [2.05, 4.69) is 15.4 Å². The van der Waals surface area contributed by atoms with Crippen molar-refractivity contribution in [3.05, 3.63) is 0 Å². The summed E-state index contributed by atoms with van der Waals surface area (Å²) in [6, 6.07) is -0.934. The first-order chi connectivity index (χ1) is 9.35. The van der Waals surface area contributed by atoms with Gasteiger partial charge in [-0.15, -0.1) is 0 Å². The van der Waals surface area contributed by atoms with E-state index in [0.717, 1.165) is 12.8 Å². The second kappa shape index (κ2) is 7.44. The van der Waals surface area contributed by atoms with Crippen molar-refractivity contribution in [1.29, 1.82) is 0 Å². The number of amides is 2. The molecule has 116 valence electrons. The van der Waals surface area contributed by atoms with Gasteiger partial charge in [-0.3, -0.25) is 4.79 Å². The molecule has 1 rings (SSSR count). The average molecular weight is 307 g/mol. The van der Waals surface area contributed by atoms with Gasteiger partial charge >= 0.3 is 12.0 Å². The van der Waals surface area contributed by atoms with Crippen LogP contribution in [0.5, 0.6) is 0 Å². The third-order valence-electron chi connectivity index (χ3n) is 3.37. The molecule has 8 nitrogen and oxygen atoms in total. The highest BCUT2D eigenvalue weighted by molar-refractivity contribution is 7.89. The van der Waals surface area contributed by atoms with Crippen LogP contribution in [0.4, 0.5) is 4.79 Å². The number of nitrogens with one attached hydrogen (secondary N) is 3. The summed E-state index contributed by atoms with van der Waals surface area (Å²) in [5.74, 6) is -1.70. The number of carboxylic acids is 1. The van der Waals surface area contributed by atoms with Gasteiger partial charge in [-0.2, -0.15) is 0 Å². The Morgan fingerprint density at radius 3 is 2.50 bits per heavy atom. The molecule has 1 aliphatic rings.